The second kappa shape index (κ2) is 4.57. The predicted molar refractivity (Wildman–Crippen MR) is 40.1 cm³/mol. The van der Waals surface area contributed by atoms with Crippen molar-refractivity contribution in [1.82, 2.24) is 0 Å². The fraction of sp³-hybridized carbons (Fsp3) is 1.00. The Morgan fingerprint density at radius 1 is 0.733 bits per heavy atom. The van der Waals surface area contributed by atoms with Gasteiger partial charge in [-0.15, -0.1) is 0 Å². The van der Waals surface area contributed by atoms with Gasteiger partial charge in [-0.3, -0.25) is 0 Å². The van der Waals surface area contributed by atoms with Gasteiger partial charge >= 0.3 is 12.4 Å². The van der Waals surface area contributed by atoms with Crippen LogP contribution >= 0.6 is 0 Å². The molecule has 0 aliphatic carbocycles. The lowest BCUT2D eigenvalue weighted by atomic mass is 9.97. The van der Waals surface area contributed by atoms with E-state index in [-0.39, 0.29) is 6.42 Å². The summed E-state index contributed by atoms with van der Waals surface area (Å²) in [5.41, 5.74) is -5.07. The standard InChI is InChI=1S/C8H11F7/c1-2-3-4-5-6(9,7(10,11)12)8(13,14)15/h2-5H2,1H3. The Kier molecular flexibility index (Phi) is 4.42. The van der Waals surface area contributed by atoms with Gasteiger partial charge in [0.15, 0.2) is 0 Å². The molecule has 0 amide bonds. The molecule has 0 rings (SSSR count). The van der Waals surface area contributed by atoms with Crippen LogP contribution in [0.1, 0.15) is 32.6 Å². The molecular formula is C8H11F7. The fourth-order valence-corrected chi connectivity index (χ4v) is 1.06. The number of hydrogen-bond donors (Lipinski definition) is 0. The highest BCUT2D eigenvalue weighted by Crippen LogP contribution is 2.49. The van der Waals surface area contributed by atoms with Crippen molar-refractivity contribution in [3.8, 4) is 0 Å². The van der Waals surface area contributed by atoms with Gasteiger partial charge in [0.25, 0.3) is 5.67 Å². The summed E-state index contributed by atoms with van der Waals surface area (Å²) in [5, 5.41) is 0. The molecule has 0 aromatic heterocycles. The molecule has 0 unspecified atom stereocenters. The molecular weight excluding hydrogens is 229 g/mol. The van der Waals surface area contributed by atoms with Gasteiger partial charge in [0, 0.05) is 0 Å². The highest BCUT2D eigenvalue weighted by atomic mass is 19.4. The molecule has 0 saturated carbocycles. The van der Waals surface area contributed by atoms with E-state index in [4.69, 9.17) is 0 Å². The van der Waals surface area contributed by atoms with E-state index in [0.717, 1.165) is 0 Å². The average Bonchev–Trinajstić information content (AvgIpc) is 2.00. The van der Waals surface area contributed by atoms with Crippen LogP contribution < -0.4 is 0 Å². The number of alkyl halides is 7. The van der Waals surface area contributed by atoms with Crippen LogP contribution in [0.5, 0.6) is 0 Å². The van der Waals surface area contributed by atoms with Crippen LogP contribution in [0.15, 0.2) is 0 Å². The van der Waals surface area contributed by atoms with Gasteiger partial charge in [0.1, 0.15) is 0 Å². The summed E-state index contributed by atoms with van der Waals surface area (Å²) in [7, 11) is 0. The molecule has 7 heteroatoms. The Bertz CT molecular complexity index is 176. The smallest absolute Gasteiger partial charge is 0.224 e. The first-order chi connectivity index (χ1) is 6.56. The zero-order chi connectivity index (χ0) is 12.3. The van der Waals surface area contributed by atoms with E-state index in [1.165, 1.54) is 0 Å². The average molecular weight is 240 g/mol. The van der Waals surface area contributed by atoms with Crippen LogP contribution in [-0.2, 0) is 0 Å². The summed E-state index contributed by atoms with van der Waals surface area (Å²) in [6.45, 7) is 1.60. The van der Waals surface area contributed by atoms with Gasteiger partial charge in [-0.1, -0.05) is 19.8 Å². The van der Waals surface area contributed by atoms with Crippen LogP contribution in [0.25, 0.3) is 0 Å². The maximum absolute atomic E-state index is 12.9. The van der Waals surface area contributed by atoms with Gasteiger partial charge in [-0.25, -0.2) is 4.39 Å². The minimum absolute atomic E-state index is 0.137. The van der Waals surface area contributed by atoms with E-state index in [1.54, 1.807) is 6.92 Å². The number of rotatable bonds is 4. The molecule has 0 fully saturated rings. The van der Waals surface area contributed by atoms with Crippen molar-refractivity contribution >= 4 is 0 Å². The molecule has 0 heterocycles. The lowest BCUT2D eigenvalue weighted by molar-refractivity contribution is -0.343. The molecule has 0 radical (unpaired) electrons. The second-order valence-electron chi connectivity index (χ2n) is 3.25. The maximum atomic E-state index is 12.9. The lowest BCUT2D eigenvalue weighted by Crippen LogP contribution is -2.53. The zero-order valence-electron chi connectivity index (χ0n) is 7.97. The quantitative estimate of drug-likeness (QED) is 0.504. The van der Waals surface area contributed by atoms with Crippen LogP contribution in [0, 0.1) is 0 Å². The van der Waals surface area contributed by atoms with Crippen molar-refractivity contribution < 1.29 is 30.7 Å². The number of hydrogen-bond acceptors (Lipinski definition) is 0. The molecule has 0 nitrogen and oxygen atoms in total. The highest BCUT2D eigenvalue weighted by molar-refractivity contribution is 4.94. The Labute approximate surface area is 82.5 Å². The third-order valence-electron chi connectivity index (χ3n) is 2.02. The monoisotopic (exact) mass is 240 g/mol. The highest BCUT2D eigenvalue weighted by Gasteiger charge is 2.71. The third kappa shape index (κ3) is 3.24. The number of halogens is 7. The summed E-state index contributed by atoms with van der Waals surface area (Å²) in [4.78, 5) is 0. The van der Waals surface area contributed by atoms with Crippen LogP contribution in [0.3, 0.4) is 0 Å². The summed E-state index contributed by atoms with van der Waals surface area (Å²) < 4.78 is 84.5. The molecule has 15 heavy (non-hydrogen) atoms. The first-order valence-corrected chi connectivity index (χ1v) is 4.38. The molecule has 0 aromatic carbocycles. The molecule has 0 saturated heterocycles. The molecule has 0 aromatic rings. The molecule has 0 N–H and O–H groups in total. The van der Waals surface area contributed by atoms with Gasteiger partial charge in [-0.05, 0) is 12.8 Å². The molecule has 0 spiro atoms. The second-order valence-corrected chi connectivity index (χ2v) is 3.25. The van der Waals surface area contributed by atoms with Crippen molar-refractivity contribution in [3.05, 3.63) is 0 Å². The summed E-state index contributed by atoms with van der Waals surface area (Å²) >= 11 is 0. The summed E-state index contributed by atoms with van der Waals surface area (Å²) in [6, 6.07) is 0. The van der Waals surface area contributed by atoms with Crippen LogP contribution in [0.4, 0.5) is 30.7 Å². The molecule has 0 aliphatic heterocycles. The van der Waals surface area contributed by atoms with Gasteiger partial charge in [-0.2, -0.15) is 26.3 Å². The minimum atomic E-state index is -5.90. The largest absolute Gasteiger partial charge is 0.431 e. The Morgan fingerprint density at radius 3 is 1.40 bits per heavy atom. The minimum Gasteiger partial charge on any atom is -0.224 e. The summed E-state index contributed by atoms with van der Waals surface area (Å²) in [6.07, 6.45) is -13.2. The third-order valence-corrected chi connectivity index (χ3v) is 2.02. The van der Waals surface area contributed by atoms with Gasteiger partial charge in [0.2, 0.25) is 0 Å². The van der Waals surface area contributed by atoms with Crippen molar-refractivity contribution in [2.24, 2.45) is 0 Å². The van der Waals surface area contributed by atoms with E-state index in [2.05, 4.69) is 0 Å². The molecule has 0 bridgehead atoms. The van der Waals surface area contributed by atoms with Crippen molar-refractivity contribution in [2.45, 2.75) is 50.6 Å². The summed E-state index contributed by atoms with van der Waals surface area (Å²) in [5.74, 6) is 0. The van der Waals surface area contributed by atoms with E-state index in [1.807, 2.05) is 0 Å². The van der Waals surface area contributed by atoms with Crippen LogP contribution in [0.2, 0.25) is 0 Å². The first kappa shape index (κ1) is 14.5. The van der Waals surface area contributed by atoms with Crippen molar-refractivity contribution in [3.63, 3.8) is 0 Å². The van der Waals surface area contributed by atoms with Crippen molar-refractivity contribution in [1.29, 1.82) is 0 Å². The van der Waals surface area contributed by atoms with E-state index < -0.39 is 30.9 Å². The normalized spacial score (nSPS) is 14.4. The Balaban J connectivity index is 4.74. The first-order valence-electron chi connectivity index (χ1n) is 4.38. The molecule has 0 aliphatic rings. The Hall–Kier alpha value is -0.490. The van der Waals surface area contributed by atoms with E-state index in [9.17, 15) is 30.7 Å². The molecule has 92 valence electrons. The fourth-order valence-electron chi connectivity index (χ4n) is 1.06. The lowest BCUT2D eigenvalue weighted by Gasteiger charge is -2.29. The molecule has 0 atom stereocenters. The Morgan fingerprint density at radius 2 is 1.13 bits per heavy atom. The SMILES string of the molecule is CCCCCC(F)(C(F)(F)F)C(F)(F)F. The van der Waals surface area contributed by atoms with Gasteiger partial charge < -0.3 is 0 Å². The maximum Gasteiger partial charge on any atom is 0.431 e. The number of unbranched alkanes of at least 4 members (excludes halogenated alkanes) is 2. The van der Waals surface area contributed by atoms with Gasteiger partial charge in [0.05, 0.1) is 0 Å². The van der Waals surface area contributed by atoms with Crippen molar-refractivity contribution in [2.75, 3.05) is 0 Å². The zero-order valence-corrected chi connectivity index (χ0v) is 7.97. The van der Waals surface area contributed by atoms with E-state index >= 15 is 0 Å². The van der Waals surface area contributed by atoms with Crippen LogP contribution in [-0.4, -0.2) is 18.0 Å². The topological polar surface area (TPSA) is 0 Å². The predicted octanol–water partition coefficient (Wildman–Crippen LogP) is 4.40. The van der Waals surface area contributed by atoms with E-state index in [0.29, 0.717) is 6.42 Å².